The summed E-state index contributed by atoms with van der Waals surface area (Å²) >= 11 is 5.79. The van der Waals surface area contributed by atoms with Crippen LogP contribution in [0.1, 0.15) is 18.4 Å². The summed E-state index contributed by atoms with van der Waals surface area (Å²) in [6.07, 6.45) is 1.97. The van der Waals surface area contributed by atoms with Crippen LogP contribution in [0.25, 0.3) is 0 Å². The molecule has 1 aromatic rings. The van der Waals surface area contributed by atoms with Crippen molar-refractivity contribution >= 4 is 33.5 Å². The van der Waals surface area contributed by atoms with Gasteiger partial charge in [-0.05, 0) is 31.4 Å². The third-order valence-electron chi connectivity index (χ3n) is 3.40. The fraction of sp³-hybridized carbons (Fsp3) is 0.500. The van der Waals surface area contributed by atoms with Gasteiger partial charge >= 0.3 is 16.2 Å². The first-order valence-electron chi connectivity index (χ1n) is 6.42. The van der Waals surface area contributed by atoms with E-state index < -0.39 is 22.1 Å². The summed E-state index contributed by atoms with van der Waals surface area (Å²) in [5.41, 5.74) is 0.999. The lowest BCUT2D eigenvalue weighted by Gasteiger charge is -2.29. The van der Waals surface area contributed by atoms with Crippen LogP contribution in [0.15, 0.2) is 12.3 Å². The highest BCUT2D eigenvalue weighted by Gasteiger charge is 2.31. The van der Waals surface area contributed by atoms with Gasteiger partial charge in [0.05, 0.1) is 17.8 Å². The number of nitrogens with one attached hydrogen (secondary N) is 1. The normalized spacial score (nSPS) is 17.6. The predicted octanol–water partition coefficient (Wildman–Crippen LogP) is 1.50. The zero-order valence-electron chi connectivity index (χ0n) is 11.4. The Morgan fingerprint density at radius 2 is 2.10 bits per heavy atom. The third kappa shape index (κ3) is 3.84. The minimum atomic E-state index is -3.71. The molecule has 1 saturated heterocycles. The average molecular weight is 334 g/mol. The van der Waals surface area contributed by atoms with Crippen LogP contribution in [-0.2, 0) is 15.0 Å². The maximum Gasteiger partial charge on any atom is 0.306 e. The Bertz CT molecular complexity index is 642. The Labute approximate surface area is 128 Å². The zero-order valence-corrected chi connectivity index (χ0v) is 13.0. The molecule has 1 aromatic heterocycles. The van der Waals surface area contributed by atoms with E-state index in [4.69, 9.17) is 16.7 Å². The van der Waals surface area contributed by atoms with Crippen LogP contribution in [0.2, 0.25) is 5.15 Å². The second kappa shape index (κ2) is 6.17. The van der Waals surface area contributed by atoms with Gasteiger partial charge in [0.15, 0.2) is 0 Å². The number of aromatic nitrogens is 1. The number of hydrogen-bond donors (Lipinski definition) is 2. The quantitative estimate of drug-likeness (QED) is 0.813. The Morgan fingerprint density at radius 3 is 2.62 bits per heavy atom. The van der Waals surface area contributed by atoms with Gasteiger partial charge in [0.1, 0.15) is 5.15 Å². The molecule has 21 heavy (non-hydrogen) atoms. The number of carboxylic acids is 1. The summed E-state index contributed by atoms with van der Waals surface area (Å²) in [4.78, 5) is 14.8. The molecule has 0 spiro atoms. The third-order valence-corrected chi connectivity index (χ3v) is 5.34. The highest BCUT2D eigenvalue weighted by Crippen LogP contribution is 2.22. The molecular weight excluding hydrogens is 318 g/mol. The largest absolute Gasteiger partial charge is 0.481 e. The first-order valence-corrected chi connectivity index (χ1v) is 8.24. The fourth-order valence-corrected chi connectivity index (χ4v) is 3.50. The molecule has 0 aromatic carbocycles. The van der Waals surface area contributed by atoms with Gasteiger partial charge in [-0.3, -0.25) is 9.52 Å². The van der Waals surface area contributed by atoms with Gasteiger partial charge in [-0.25, -0.2) is 4.98 Å². The minimum Gasteiger partial charge on any atom is -0.481 e. The number of nitrogens with zero attached hydrogens (tertiary/aromatic N) is 2. The van der Waals surface area contributed by atoms with Crippen molar-refractivity contribution < 1.29 is 18.3 Å². The van der Waals surface area contributed by atoms with Gasteiger partial charge in [0, 0.05) is 13.1 Å². The van der Waals surface area contributed by atoms with Crippen molar-refractivity contribution in [2.75, 3.05) is 17.8 Å². The van der Waals surface area contributed by atoms with E-state index in [0.29, 0.717) is 29.2 Å². The molecule has 2 rings (SSSR count). The van der Waals surface area contributed by atoms with Gasteiger partial charge in [-0.15, -0.1) is 0 Å². The van der Waals surface area contributed by atoms with Crippen molar-refractivity contribution in [2.24, 2.45) is 5.92 Å². The molecule has 2 heterocycles. The maximum absolute atomic E-state index is 12.2. The van der Waals surface area contributed by atoms with Crippen molar-refractivity contribution in [1.82, 2.24) is 9.29 Å². The molecule has 7 nitrogen and oxygen atoms in total. The van der Waals surface area contributed by atoms with Gasteiger partial charge in [0.25, 0.3) is 0 Å². The van der Waals surface area contributed by atoms with Crippen molar-refractivity contribution in [3.63, 3.8) is 0 Å². The molecule has 0 amide bonds. The molecule has 2 N–H and O–H groups in total. The van der Waals surface area contributed by atoms with Crippen LogP contribution in [0, 0.1) is 12.8 Å². The van der Waals surface area contributed by atoms with E-state index in [-0.39, 0.29) is 13.1 Å². The van der Waals surface area contributed by atoms with Gasteiger partial charge < -0.3 is 5.11 Å². The highest BCUT2D eigenvalue weighted by molar-refractivity contribution is 7.90. The molecule has 0 unspecified atom stereocenters. The van der Waals surface area contributed by atoms with Crippen LogP contribution in [0.5, 0.6) is 0 Å². The Hall–Kier alpha value is -1.38. The number of carbonyl (C=O) groups is 1. The van der Waals surface area contributed by atoms with Crippen molar-refractivity contribution in [2.45, 2.75) is 19.8 Å². The van der Waals surface area contributed by atoms with Crippen LogP contribution in [0.3, 0.4) is 0 Å². The molecule has 0 radical (unpaired) electrons. The SMILES string of the molecule is Cc1cc(NS(=O)(=O)N2CCC(C(=O)O)CC2)cnc1Cl. The van der Waals surface area contributed by atoms with E-state index in [1.54, 1.807) is 13.0 Å². The summed E-state index contributed by atoms with van der Waals surface area (Å²) in [7, 11) is -3.71. The van der Waals surface area contributed by atoms with E-state index in [2.05, 4.69) is 9.71 Å². The fourth-order valence-electron chi connectivity index (χ4n) is 2.17. The lowest BCUT2D eigenvalue weighted by molar-refractivity contribution is -0.142. The lowest BCUT2D eigenvalue weighted by atomic mass is 9.99. The number of aryl methyl sites for hydroxylation is 1. The van der Waals surface area contributed by atoms with Gasteiger partial charge in [-0.2, -0.15) is 12.7 Å². The van der Waals surface area contributed by atoms with E-state index in [9.17, 15) is 13.2 Å². The van der Waals surface area contributed by atoms with Crippen molar-refractivity contribution in [3.8, 4) is 0 Å². The van der Waals surface area contributed by atoms with E-state index in [1.165, 1.54) is 10.5 Å². The van der Waals surface area contributed by atoms with Crippen LogP contribution >= 0.6 is 11.6 Å². The number of hydrogen-bond acceptors (Lipinski definition) is 4. The molecule has 116 valence electrons. The molecule has 0 aliphatic carbocycles. The Balaban J connectivity index is 2.05. The molecule has 0 bridgehead atoms. The summed E-state index contributed by atoms with van der Waals surface area (Å²) < 4.78 is 28.1. The molecule has 1 aliphatic rings. The van der Waals surface area contributed by atoms with Crippen molar-refractivity contribution in [1.29, 1.82) is 0 Å². The second-order valence-corrected chi connectivity index (χ2v) is 6.98. The van der Waals surface area contributed by atoms with Crippen LogP contribution < -0.4 is 4.72 Å². The molecule has 0 atom stereocenters. The van der Waals surface area contributed by atoms with Crippen LogP contribution in [0.4, 0.5) is 5.69 Å². The molecule has 1 aliphatic heterocycles. The molecule has 0 saturated carbocycles. The predicted molar refractivity (Wildman–Crippen MR) is 78.5 cm³/mol. The summed E-state index contributed by atoms with van der Waals surface area (Å²) in [5, 5.41) is 9.23. The summed E-state index contributed by atoms with van der Waals surface area (Å²) in [5.74, 6) is -1.35. The number of rotatable bonds is 4. The molecule has 1 fully saturated rings. The number of aliphatic carboxylic acids is 1. The van der Waals surface area contributed by atoms with E-state index >= 15 is 0 Å². The van der Waals surface area contributed by atoms with E-state index in [0.717, 1.165) is 0 Å². The maximum atomic E-state index is 12.2. The number of carboxylic acid groups (broad SMARTS) is 1. The summed E-state index contributed by atoms with van der Waals surface area (Å²) in [6, 6.07) is 1.59. The standard InChI is InChI=1S/C12H16ClN3O4S/c1-8-6-10(7-14-11(8)13)15-21(19,20)16-4-2-9(3-5-16)12(17)18/h6-7,9,15H,2-5H2,1H3,(H,17,18). The highest BCUT2D eigenvalue weighted by atomic mass is 35.5. The summed E-state index contributed by atoms with van der Waals surface area (Å²) in [6.45, 7) is 2.10. The zero-order chi connectivity index (χ0) is 15.6. The molecule has 9 heteroatoms. The number of halogens is 1. The molecular formula is C12H16ClN3O4S. The second-order valence-electron chi connectivity index (χ2n) is 4.95. The smallest absolute Gasteiger partial charge is 0.306 e. The Kier molecular flexibility index (Phi) is 4.70. The first kappa shape index (κ1) is 16.0. The van der Waals surface area contributed by atoms with E-state index in [1.807, 2.05) is 0 Å². The topological polar surface area (TPSA) is 99.6 Å². The van der Waals surface area contributed by atoms with Gasteiger partial charge in [-0.1, -0.05) is 11.6 Å². The van der Waals surface area contributed by atoms with Crippen molar-refractivity contribution in [3.05, 3.63) is 23.0 Å². The monoisotopic (exact) mass is 333 g/mol. The number of pyridine rings is 1. The Morgan fingerprint density at radius 1 is 1.48 bits per heavy atom. The lowest BCUT2D eigenvalue weighted by Crippen LogP contribution is -2.42. The first-order chi connectivity index (χ1) is 9.79. The average Bonchev–Trinajstić information content (AvgIpc) is 2.43. The number of anilines is 1. The number of piperidine rings is 1. The minimum absolute atomic E-state index is 0.187. The van der Waals surface area contributed by atoms with Crippen LogP contribution in [-0.4, -0.2) is 41.9 Å². The van der Waals surface area contributed by atoms with Gasteiger partial charge in [0.2, 0.25) is 0 Å².